The molecule has 3 amide bonds. The van der Waals surface area contributed by atoms with Crippen LogP contribution in [0.15, 0.2) is 36.8 Å². The average Bonchev–Trinajstić information content (AvgIpc) is 3.44. The Kier molecular flexibility index (Phi) is 14.0. The summed E-state index contributed by atoms with van der Waals surface area (Å²) in [7, 11) is 0. The van der Waals surface area contributed by atoms with E-state index in [2.05, 4.69) is 25.9 Å². The minimum absolute atomic E-state index is 0.0305. The van der Waals surface area contributed by atoms with E-state index >= 15 is 0 Å². The molecule has 1 aromatic carbocycles. The predicted octanol–water partition coefficient (Wildman–Crippen LogP) is -0.351. The summed E-state index contributed by atoms with van der Waals surface area (Å²) in [6, 6.07) is 1.73. The number of nitrogens with two attached hydrogens (primary N) is 2. The maximum atomic E-state index is 13.4. The molecule has 0 aliphatic carbocycles. The Labute approximate surface area is 237 Å². The first-order chi connectivity index (χ1) is 19.1. The Bertz CT molecular complexity index is 1080. The number of hydrogen-bond acceptors (Lipinski definition) is 9. The van der Waals surface area contributed by atoms with E-state index in [9.17, 15) is 29.4 Å². The van der Waals surface area contributed by atoms with Crippen molar-refractivity contribution in [2.45, 2.75) is 62.7 Å². The van der Waals surface area contributed by atoms with E-state index < -0.39 is 47.9 Å². The highest BCUT2D eigenvalue weighted by atomic mass is 32.2. The fourth-order valence-electron chi connectivity index (χ4n) is 3.85. The maximum absolute atomic E-state index is 13.4. The van der Waals surface area contributed by atoms with Gasteiger partial charge in [0.2, 0.25) is 17.7 Å². The third kappa shape index (κ3) is 11.2. The molecule has 0 aliphatic heterocycles. The molecule has 1 aromatic heterocycles. The molecule has 2 aromatic rings. The van der Waals surface area contributed by atoms with Crippen LogP contribution in [0.25, 0.3) is 0 Å². The van der Waals surface area contributed by atoms with E-state index in [1.165, 1.54) is 24.7 Å². The zero-order valence-corrected chi connectivity index (χ0v) is 23.3. The number of imidazole rings is 1. The minimum Gasteiger partial charge on any atom is -0.508 e. The summed E-state index contributed by atoms with van der Waals surface area (Å²) >= 11 is 1.55. The third-order valence-electron chi connectivity index (χ3n) is 6.15. The molecule has 14 heteroatoms. The van der Waals surface area contributed by atoms with Gasteiger partial charge in [-0.1, -0.05) is 12.1 Å². The van der Waals surface area contributed by atoms with Crippen molar-refractivity contribution in [1.82, 2.24) is 25.9 Å². The second kappa shape index (κ2) is 17.2. The van der Waals surface area contributed by atoms with Crippen molar-refractivity contribution in [2.75, 3.05) is 18.6 Å². The number of unbranched alkanes of at least 4 members (excludes halogenated alkanes) is 1. The number of carbonyl (C=O) groups excluding carboxylic acids is 3. The molecule has 0 fully saturated rings. The van der Waals surface area contributed by atoms with Crippen molar-refractivity contribution in [3.63, 3.8) is 0 Å². The number of nitrogens with zero attached hydrogens (tertiary/aromatic N) is 1. The van der Waals surface area contributed by atoms with Crippen molar-refractivity contribution in [3.05, 3.63) is 48.0 Å². The number of H-pyrrole nitrogens is 1. The Morgan fingerprint density at radius 3 is 2.20 bits per heavy atom. The number of nitrogens with one attached hydrogen (secondary N) is 4. The van der Waals surface area contributed by atoms with E-state index in [0.29, 0.717) is 42.8 Å². The van der Waals surface area contributed by atoms with Crippen LogP contribution in [0.1, 0.15) is 36.9 Å². The molecule has 40 heavy (non-hydrogen) atoms. The van der Waals surface area contributed by atoms with Crippen molar-refractivity contribution in [2.24, 2.45) is 11.5 Å². The molecule has 0 aliphatic rings. The van der Waals surface area contributed by atoms with Gasteiger partial charge in [-0.2, -0.15) is 11.8 Å². The van der Waals surface area contributed by atoms with Crippen LogP contribution in [-0.2, 0) is 32.0 Å². The smallest absolute Gasteiger partial charge is 0.326 e. The van der Waals surface area contributed by atoms with E-state index in [4.69, 9.17) is 11.5 Å². The number of benzene rings is 1. The first kappa shape index (κ1) is 32.6. The molecule has 0 saturated carbocycles. The fourth-order valence-corrected chi connectivity index (χ4v) is 4.34. The van der Waals surface area contributed by atoms with Crippen molar-refractivity contribution in [1.29, 1.82) is 0 Å². The van der Waals surface area contributed by atoms with Crippen LogP contribution in [0, 0.1) is 0 Å². The highest BCUT2D eigenvalue weighted by Gasteiger charge is 2.30. The highest BCUT2D eigenvalue weighted by Crippen LogP contribution is 2.12. The molecule has 13 nitrogen and oxygen atoms in total. The second-order valence-corrected chi connectivity index (χ2v) is 10.3. The Morgan fingerprint density at radius 1 is 0.950 bits per heavy atom. The predicted molar refractivity (Wildman–Crippen MR) is 151 cm³/mol. The highest BCUT2D eigenvalue weighted by molar-refractivity contribution is 7.98. The molecular formula is C26H39N7O6S. The summed E-state index contributed by atoms with van der Waals surface area (Å²) in [5, 5.41) is 27.1. The first-order valence-corrected chi connectivity index (χ1v) is 14.4. The van der Waals surface area contributed by atoms with Gasteiger partial charge in [-0.05, 0) is 61.9 Å². The number of phenolic OH excluding ortho intramolecular Hbond substituents is 1. The number of carboxylic acid groups (broad SMARTS) is 1. The lowest BCUT2D eigenvalue weighted by atomic mass is 10.0. The number of aromatic hydroxyl groups is 1. The summed E-state index contributed by atoms with van der Waals surface area (Å²) in [5.74, 6) is -2.36. The maximum Gasteiger partial charge on any atom is 0.326 e. The number of amides is 3. The summed E-state index contributed by atoms with van der Waals surface area (Å²) in [5.41, 5.74) is 12.8. The molecule has 1 heterocycles. The van der Waals surface area contributed by atoms with Crippen LogP contribution in [0.4, 0.5) is 0 Å². The molecular weight excluding hydrogens is 538 g/mol. The largest absolute Gasteiger partial charge is 0.508 e. The number of rotatable bonds is 18. The molecule has 4 unspecified atom stereocenters. The third-order valence-corrected chi connectivity index (χ3v) is 6.80. The fraction of sp³-hybridized carbons (Fsp3) is 0.500. The second-order valence-electron chi connectivity index (χ2n) is 9.35. The van der Waals surface area contributed by atoms with Crippen LogP contribution in [0.2, 0.25) is 0 Å². The Hall–Kier alpha value is -3.62. The van der Waals surface area contributed by atoms with Crippen LogP contribution in [-0.4, -0.2) is 86.6 Å². The Balaban J connectivity index is 2.18. The molecule has 10 N–H and O–H groups in total. The van der Waals surface area contributed by atoms with Gasteiger partial charge in [0.1, 0.15) is 23.9 Å². The number of carbonyl (C=O) groups is 4. The van der Waals surface area contributed by atoms with Crippen LogP contribution in [0.5, 0.6) is 5.75 Å². The zero-order valence-electron chi connectivity index (χ0n) is 22.5. The summed E-state index contributed by atoms with van der Waals surface area (Å²) in [4.78, 5) is 58.1. The number of aromatic nitrogens is 2. The van der Waals surface area contributed by atoms with Crippen molar-refractivity contribution < 1.29 is 29.4 Å². The molecule has 0 bridgehead atoms. The van der Waals surface area contributed by atoms with E-state index in [-0.39, 0.29) is 25.0 Å². The van der Waals surface area contributed by atoms with Gasteiger partial charge in [-0.15, -0.1) is 0 Å². The van der Waals surface area contributed by atoms with E-state index in [0.717, 1.165) is 0 Å². The lowest BCUT2D eigenvalue weighted by Gasteiger charge is -2.25. The number of aliphatic carboxylic acids is 1. The number of thioether (sulfide) groups is 1. The van der Waals surface area contributed by atoms with Gasteiger partial charge in [0.05, 0.1) is 12.4 Å². The molecule has 0 spiro atoms. The van der Waals surface area contributed by atoms with Gasteiger partial charge in [-0.25, -0.2) is 9.78 Å². The molecule has 220 valence electrons. The van der Waals surface area contributed by atoms with Gasteiger partial charge in [0, 0.05) is 24.7 Å². The lowest BCUT2D eigenvalue weighted by molar-refractivity contribution is -0.142. The molecule has 4 atom stereocenters. The Morgan fingerprint density at radius 2 is 1.60 bits per heavy atom. The lowest BCUT2D eigenvalue weighted by Crippen LogP contribution is -2.57. The van der Waals surface area contributed by atoms with Gasteiger partial charge < -0.3 is 42.6 Å². The average molecular weight is 578 g/mol. The number of phenols is 1. The first-order valence-electron chi connectivity index (χ1n) is 13.0. The summed E-state index contributed by atoms with van der Waals surface area (Å²) < 4.78 is 0. The number of carboxylic acids is 1. The normalized spacial score (nSPS) is 14.0. The van der Waals surface area contributed by atoms with Gasteiger partial charge in [0.25, 0.3) is 0 Å². The molecule has 0 saturated heterocycles. The van der Waals surface area contributed by atoms with Crippen molar-refractivity contribution in [3.8, 4) is 5.75 Å². The number of aromatic amines is 1. The molecule has 0 radical (unpaired) electrons. The monoisotopic (exact) mass is 577 g/mol. The van der Waals surface area contributed by atoms with Gasteiger partial charge in [0.15, 0.2) is 0 Å². The van der Waals surface area contributed by atoms with E-state index in [1.54, 1.807) is 23.9 Å². The van der Waals surface area contributed by atoms with Crippen LogP contribution in [0.3, 0.4) is 0 Å². The van der Waals surface area contributed by atoms with Crippen molar-refractivity contribution >= 4 is 35.5 Å². The van der Waals surface area contributed by atoms with Gasteiger partial charge >= 0.3 is 5.97 Å². The summed E-state index contributed by atoms with van der Waals surface area (Å²) in [6.45, 7) is 0.382. The molecule has 2 rings (SSSR count). The van der Waals surface area contributed by atoms with E-state index in [1.807, 2.05) is 6.26 Å². The SMILES string of the molecule is CSCCC(N)C(=O)NC(Cc1cnc[nH]1)C(=O)NC(CCCCN)C(=O)NC(Cc1ccc(O)cc1)C(=O)O. The minimum atomic E-state index is -1.28. The zero-order chi connectivity index (χ0) is 29.5. The van der Waals surface area contributed by atoms with Crippen LogP contribution >= 0.6 is 11.8 Å². The standard InChI is InChI=1S/C26H39N7O6S/c1-40-11-9-19(28)23(35)32-21(13-17-14-29-15-30-17)25(37)31-20(4-2-3-10-27)24(36)33-22(26(38)39)12-16-5-7-18(34)8-6-16/h5-8,14-15,19-22,34H,2-4,9-13,27-28H2,1H3,(H,29,30)(H,31,37)(H,32,35)(H,33,36)(H,38,39). The number of hydrogen-bond donors (Lipinski definition) is 8. The topological polar surface area (TPSA) is 226 Å². The van der Waals surface area contributed by atoms with Crippen LogP contribution < -0.4 is 27.4 Å². The summed E-state index contributed by atoms with van der Waals surface area (Å²) in [6.07, 6.45) is 6.63. The quantitative estimate of drug-likeness (QED) is 0.107. The van der Waals surface area contributed by atoms with Gasteiger partial charge in [-0.3, -0.25) is 14.4 Å².